The number of amides is 2. The molecular formula is C19H16F2N2O4. The Balaban J connectivity index is 1.62. The molecule has 140 valence electrons. The van der Waals surface area contributed by atoms with Gasteiger partial charge in [0.15, 0.2) is 0 Å². The minimum Gasteiger partial charge on any atom is -0.458 e. The molecule has 0 aliphatic rings. The molecule has 0 radical (unpaired) electrons. The van der Waals surface area contributed by atoms with Crippen LogP contribution in [0.1, 0.15) is 11.9 Å². The Kier molecular flexibility index (Phi) is 5.46. The summed E-state index contributed by atoms with van der Waals surface area (Å²) in [5.74, 6) is -3.25. The molecule has 1 aromatic heterocycles. The first kappa shape index (κ1) is 18.5. The third-order valence-electron chi connectivity index (χ3n) is 3.88. The van der Waals surface area contributed by atoms with Crippen LogP contribution in [0.15, 0.2) is 52.9 Å². The number of ether oxygens (including phenoxy) is 1. The van der Waals surface area contributed by atoms with E-state index < -0.39 is 35.2 Å². The molecule has 1 atom stereocenters. The largest absolute Gasteiger partial charge is 0.458 e. The number of para-hydroxylation sites is 1. The van der Waals surface area contributed by atoms with Crippen molar-refractivity contribution in [1.29, 1.82) is 0 Å². The second kappa shape index (κ2) is 7.96. The van der Waals surface area contributed by atoms with E-state index in [-0.39, 0.29) is 6.54 Å². The molecule has 1 unspecified atom stereocenters. The monoisotopic (exact) mass is 374 g/mol. The van der Waals surface area contributed by atoms with Crippen molar-refractivity contribution in [2.45, 2.75) is 6.10 Å². The first-order valence-corrected chi connectivity index (χ1v) is 8.03. The summed E-state index contributed by atoms with van der Waals surface area (Å²) in [5, 5.41) is 5.28. The molecule has 8 heteroatoms. The van der Waals surface area contributed by atoms with E-state index in [9.17, 15) is 18.4 Å². The molecule has 0 bridgehead atoms. The van der Waals surface area contributed by atoms with Crippen LogP contribution in [0.5, 0.6) is 0 Å². The molecule has 0 fully saturated rings. The number of carbonyl (C=O) groups excluding carboxylic acids is 2. The van der Waals surface area contributed by atoms with Gasteiger partial charge in [0, 0.05) is 18.6 Å². The number of anilines is 1. The highest BCUT2D eigenvalue weighted by molar-refractivity contribution is 6.39. The number of rotatable bonds is 5. The lowest BCUT2D eigenvalue weighted by molar-refractivity contribution is -0.136. The Morgan fingerprint density at radius 2 is 1.89 bits per heavy atom. The summed E-state index contributed by atoms with van der Waals surface area (Å²) in [4.78, 5) is 23.8. The quantitative estimate of drug-likeness (QED) is 0.673. The first-order chi connectivity index (χ1) is 13.0. The highest BCUT2D eigenvalue weighted by Gasteiger charge is 2.20. The summed E-state index contributed by atoms with van der Waals surface area (Å²) < 4.78 is 37.6. The normalized spacial score (nSPS) is 12.0. The van der Waals surface area contributed by atoms with E-state index in [0.29, 0.717) is 11.3 Å². The van der Waals surface area contributed by atoms with Crippen molar-refractivity contribution in [1.82, 2.24) is 5.32 Å². The van der Waals surface area contributed by atoms with E-state index in [1.807, 2.05) is 23.5 Å². The van der Waals surface area contributed by atoms with Crippen LogP contribution in [-0.2, 0) is 14.3 Å². The maximum Gasteiger partial charge on any atom is 0.313 e. The molecule has 3 aromatic rings. The van der Waals surface area contributed by atoms with Crippen molar-refractivity contribution < 1.29 is 27.5 Å². The molecule has 0 aliphatic carbocycles. The number of halogens is 2. The standard InChI is InChI=1S/C19H16F2N2O4/c1-26-17(16-8-11-4-2-3-5-15(11)27-16)10-22-18(24)19(25)23-14-9-12(20)6-7-13(14)21/h2-9,17H,10H2,1H3,(H,22,24)(H,23,25). The molecular weight excluding hydrogens is 358 g/mol. The lowest BCUT2D eigenvalue weighted by Gasteiger charge is -2.13. The zero-order valence-corrected chi connectivity index (χ0v) is 14.3. The zero-order chi connectivity index (χ0) is 19.4. The maximum absolute atomic E-state index is 13.5. The summed E-state index contributed by atoms with van der Waals surface area (Å²) in [6.45, 7) is -0.0474. The molecule has 2 aromatic carbocycles. The fourth-order valence-electron chi connectivity index (χ4n) is 2.50. The van der Waals surface area contributed by atoms with Gasteiger partial charge in [-0.15, -0.1) is 0 Å². The number of hydrogen-bond acceptors (Lipinski definition) is 4. The fourth-order valence-corrected chi connectivity index (χ4v) is 2.50. The zero-order valence-electron chi connectivity index (χ0n) is 14.3. The van der Waals surface area contributed by atoms with Gasteiger partial charge in [0.1, 0.15) is 29.1 Å². The second-order valence-electron chi connectivity index (χ2n) is 5.70. The summed E-state index contributed by atoms with van der Waals surface area (Å²) >= 11 is 0. The van der Waals surface area contributed by atoms with E-state index in [1.165, 1.54) is 7.11 Å². The van der Waals surface area contributed by atoms with Crippen LogP contribution in [0.3, 0.4) is 0 Å². The third kappa shape index (κ3) is 4.29. The lowest BCUT2D eigenvalue weighted by atomic mass is 10.2. The fraction of sp³-hybridized carbons (Fsp3) is 0.158. The molecule has 0 spiro atoms. The minimum absolute atomic E-state index is 0.0474. The van der Waals surface area contributed by atoms with Crippen LogP contribution in [-0.4, -0.2) is 25.5 Å². The molecule has 6 nitrogen and oxygen atoms in total. The van der Waals surface area contributed by atoms with Crippen LogP contribution in [0.2, 0.25) is 0 Å². The molecule has 2 N–H and O–H groups in total. The van der Waals surface area contributed by atoms with Crippen LogP contribution >= 0.6 is 0 Å². The van der Waals surface area contributed by atoms with E-state index in [0.717, 1.165) is 23.6 Å². The maximum atomic E-state index is 13.5. The van der Waals surface area contributed by atoms with Gasteiger partial charge in [-0.25, -0.2) is 8.78 Å². The number of fused-ring (bicyclic) bond motifs is 1. The molecule has 2 amide bonds. The summed E-state index contributed by atoms with van der Waals surface area (Å²) in [6.07, 6.45) is -0.625. The van der Waals surface area contributed by atoms with Crippen LogP contribution in [0, 0.1) is 11.6 Å². The number of methoxy groups -OCH3 is 1. The van der Waals surface area contributed by atoms with Gasteiger partial charge < -0.3 is 19.8 Å². The van der Waals surface area contributed by atoms with Crippen molar-refractivity contribution >= 4 is 28.5 Å². The Morgan fingerprint density at radius 1 is 1.11 bits per heavy atom. The Labute approximate surface area is 153 Å². The molecule has 0 saturated heterocycles. The average Bonchev–Trinajstić information content (AvgIpc) is 3.09. The second-order valence-corrected chi connectivity index (χ2v) is 5.70. The van der Waals surface area contributed by atoms with Gasteiger partial charge in [-0.2, -0.15) is 0 Å². The topological polar surface area (TPSA) is 80.6 Å². The number of benzene rings is 2. The van der Waals surface area contributed by atoms with Crippen molar-refractivity contribution in [3.63, 3.8) is 0 Å². The van der Waals surface area contributed by atoms with E-state index >= 15 is 0 Å². The Morgan fingerprint density at radius 3 is 2.63 bits per heavy atom. The van der Waals surface area contributed by atoms with Crippen LogP contribution in [0.4, 0.5) is 14.5 Å². The summed E-state index contributed by atoms with van der Waals surface area (Å²) in [6, 6.07) is 11.7. The van der Waals surface area contributed by atoms with E-state index in [4.69, 9.17) is 9.15 Å². The smallest absolute Gasteiger partial charge is 0.313 e. The van der Waals surface area contributed by atoms with Gasteiger partial charge in [0.2, 0.25) is 0 Å². The van der Waals surface area contributed by atoms with E-state index in [2.05, 4.69) is 5.32 Å². The van der Waals surface area contributed by atoms with Crippen LogP contribution in [0.25, 0.3) is 11.0 Å². The molecule has 0 aliphatic heterocycles. The van der Waals surface area contributed by atoms with Crippen LogP contribution < -0.4 is 10.6 Å². The van der Waals surface area contributed by atoms with Crippen molar-refractivity contribution in [3.8, 4) is 0 Å². The Hall–Kier alpha value is -3.26. The predicted molar refractivity (Wildman–Crippen MR) is 94.0 cm³/mol. The van der Waals surface area contributed by atoms with Gasteiger partial charge in [-0.3, -0.25) is 9.59 Å². The van der Waals surface area contributed by atoms with Crippen molar-refractivity contribution in [2.24, 2.45) is 0 Å². The third-order valence-corrected chi connectivity index (χ3v) is 3.88. The highest BCUT2D eigenvalue weighted by Crippen LogP contribution is 2.25. The number of carbonyl (C=O) groups is 2. The lowest BCUT2D eigenvalue weighted by Crippen LogP contribution is -2.38. The molecule has 3 rings (SSSR count). The van der Waals surface area contributed by atoms with Crippen molar-refractivity contribution in [2.75, 3.05) is 19.0 Å². The van der Waals surface area contributed by atoms with Crippen molar-refractivity contribution in [3.05, 3.63) is 65.9 Å². The number of nitrogens with one attached hydrogen (secondary N) is 2. The number of furan rings is 1. The number of hydrogen-bond donors (Lipinski definition) is 2. The molecule has 0 saturated carbocycles. The summed E-state index contributed by atoms with van der Waals surface area (Å²) in [7, 11) is 1.44. The minimum atomic E-state index is -1.13. The molecule has 1 heterocycles. The molecule has 27 heavy (non-hydrogen) atoms. The summed E-state index contributed by atoms with van der Waals surface area (Å²) in [5.41, 5.74) is 0.246. The average molecular weight is 374 g/mol. The highest BCUT2D eigenvalue weighted by atomic mass is 19.1. The predicted octanol–water partition coefficient (Wildman–Crippen LogP) is 3.15. The SMILES string of the molecule is COC(CNC(=O)C(=O)Nc1cc(F)ccc1F)c1cc2ccccc2o1. The van der Waals surface area contributed by atoms with Gasteiger partial charge in [-0.1, -0.05) is 18.2 Å². The van der Waals surface area contributed by atoms with Gasteiger partial charge in [-0.05, 0) is 24.3 Å². The first-order valence-electron chi connectivity index (χ1n) is 8.03. The van der Waals surface area contributed by atoms with Gasteiger partial charge in [0.25, 0.3) is 0 Å². The van der Waals surface area contributed by atoms with Gasteiger partial charge >= 0.3 is 11.8 Å². The van der Waals surface area contributed by atoms with E-state index in [1.54, 1.807) is 12.1 Å². The van der Waals surface area contributed by atoms with Gasteiger partial charge in [0.05, 0.1) is 12.2 Å². The Bertz CT molecular complexity index is 954.